The molecule has 4 heteroatoms. The van der Waals surface area contributed by atoms with E-state index in [4.69, 9.17) is 0 Å². The molecular weight excluding hydrogens is 593 g/mol. The van der Waals surface area contributed by atoms with Crippen LogP contribution in [0.3, 0.4) is 0 Å². The predicted molar refractivity (Wildman–Crippen MR) is 122 cm³/mol. The van der Waals surface area contributed by atoms with E-state index < -0.39 is 22.9 Å². The van der Waals surface area contributed by atoms with Crippen LogP contribution in [0.15, 0.2) is 53.9 Å². The van der Waals surface area contributed by atoms with Gasteiger partial charge in [-0.2, -0.15) is 0 Å². The minimum atomic E-state index is -0.831. The second kappa shape index (κ2) is 12.0. The Hall–Kier alpha value is 0.320. The zero-order chi connectivity index (χ0) is 19.7. The first-order valence-electron chi connectivity index (χ1n) is 11.2. The van der Waals surface area contributed by atoms with Crippen LogP contribution < -0.4 is 24.8 Å². The maximum atomic E-state index is 2.66. The van der Waals surface area contributed by atoms with Gasteiger partial charge in [-0.15, -0.1) is 0 Å². The van der Waals surface area contributed by atoms with Gasteiger partial charge in [0, 0.05) is 0 Å². The average Bonchev–Trinajstić information content (AvgIpc) is 3.23. The van der Waals surface area contributed by atoms with E-state index in [1.54, 1.807) is 11.1 Å². The molecule has 3 aliphatic rings. The molecule has 0 saturated heterocycles. The van der Waals surface area contributed by atoms with Crippen molar-refractivity contribution in [1.29, 1.82) is 0 Å². The molecule has 4 rings (SSSR count). The maximum Gasteiger partial charge on any atom is -1.00 e. The van der Waals surface area contributed by atoms with Crippen LogP contribution in [0, 0.1) is 23.7 Å². The number of benzene rings is 1. The second-order valence-corrected chi connectivity index (χ2v) is 17.9. The van der Waals surface area contributed by atoms with Crippen molar-refractivity contribution in [2.75, 3.05) is 12.3 Å². The topological polar surface area (TPSA) is 0 Å². The fourth-order valence-electron chi connectivity index (χ4n) is 5.29. The summed E-state index contributed by atoms with van der Waals surface area (Å²) in [7, 11) is 0.0119. The first kappa shape index (κ1) is 26.6. The van der Waals surface area contributed by atoms with Crippen molar-refractivity contribution in [2.45, 2.75) is 47.9 Å². The maximum absolute atomic E-state index is 2.66. The van der Waals surface area contributed by atoms with Gasteiger partial charge in [-0.25, -0.2) is 0 Å². The summed E-state index contributed by atoms with van der Waals surface area (Å²) in [6.45, 7) is 9.71. The summed E-state index contributed by atoms with van der Waals surface area (Å²) < 4.78 is 1.91. The third-order valence-electron chi connectivity index (χ3n) is 6.40. The Morgan fingerprint density at radius 3 is 2.30 bits per heavy atom. The number of halogens is 2. The van der Waals surface area contributed by atoms with Crippen LogP contribution in [0.1, 0.15) is 55.3 Å². The molecule has 0 aromatic heterocycles. The number of allylic oxidation sites excluding steroid dienone is 5. The van der Waals surface area contributed by atoms with Gasteiger partial charge in [-0.05, 0) is 0 Å². The molecule has 0 aliphatic heterocycles. The SMILES string of the molecule is CC(C)CP(CC(C)C)C1=Cc2ccccc2[CH]1[Hf+2][CH]1CCC2C=CC=CC21.[Cl-].[Cl-]. The Morgan fingerprint density at radius 1 is 0.933 bits per heavy atom. The molecule has 0 nitrogen and oxygen atoms in total. The van der Waals surface area contributed by atoms with Crippen molar-refractivity contribution in [2.24, 2.45) is 23.7 Å². The predicted octanol–water partition coefficient (Wildman–Crippen LogP) is 1.91. The van der Waals surface area contributed by atoms with Crippen molar-refractivity contribution in [3.8, 4) is 0 Å². The molecule has 0 heterocycles. The van der Waals surface area contributed by atoms with E-state index in [2.05, 4.69) is 82.3 Å². The van der Waals surface area contributed by atoms with Crippen LogP contribution in [-0.2, 0) is 22.9 Å². The fraction of sp³-hybridized carbons (Fsp3) is 0.538. The zero-order valence-electron chi connectivity index (χ0n) is 18.7. The van der Waals surface area contributed by atoms with Gasteiger partial charge in [0.25, 0.3) is 0 Å². The molecular formula is C26H35Cl2HfP. The minimum absolute atomic E-state index is 0. The van der Waals surface area contributed by atoms with Crippen LogP contribution in [-0.4, -0.2) is 12.3 Å². The van der Waals surface area contributed by atoms with Crippen LogP contribution in [0.2, 0.25) is 3.67 Å². The summed E-state index contributed by atoms with van der Waals surface area (Å²) in [4.78, 5) is 0. The van der Waals surface area contributed by atoms with Gasteiger partial charge in [-0.1, -0.05) is 0 Å². The van der Waals surface area contributed by atoms with Crippen LogP contribution in [0.5, 0.6) is 0 Å². The minimum Gasteiger partial charge on any atom is -1.00 e. The Balaban J connectivity index is 0.00000160. The molecule has 0 N–H and O–H groups in total. The first-order chi connectivity index (χ1) is 13.5. The molecule has 3 aliphatic carbocycles. The molecule has 0 spiro atoms. The van der Waals surface area contributed by atoms with E-state index in [1.807, 2.05) is 5.31 Å². The van der Waals surface area contributed by atoms with Crippen molar-refractivity contribution in [3.63, 3.8) is 0 Å². The molecule has 0 radical (unpaired) electrons. The molecule has 1 aromatic carbocycles. The van der Waals surface area contributed by atoms with Crippen molar-refractivity contribution in [1.82, 2.24) is 0 Å². The number of fused-ring (bicyclic) bond motifs is 2. The molecule has 0 amide bonds. The summed E-state index contributed by atoms with van der Waals surface area (Å²) in [5.41, 5.74) is 3.27. The van der Waals surface area contributed by atoms with Gasteiger partial charge in [0.05, 0.1) is 0 Å². The van der Waals surface area contributed by atoms with Crippen molar-refractivity contribution in [3.05, 3.63) is 65.0 Å². The molecule has 1 aromatic rings. The Kier molecular flexibility index (Phi) is 10.6. The van der Waals surface area contributed by atoms with Gasteiger partial charge >= 0.3 is 186 Å². The third-order valence-corrected chi connectivity index (χ3v) is 18.1. The van der Waals surface area contributed by atoms with Gasteiger partial charge in [-0.3, -0.25) is 0 Å². The number of hydrogen-bond donors (Lipinski definition) is 0. The van der Waals surface area contributed by atoms with E-state index in [0.717, 1.165) is 31.0 Å². The smallest absolute Gasteiger partial charge is 1.00 e. The quantitative estimate of drug-likeness (QED) is 0.320. The third kappa shape index (κ3) is 6.01. The van der Waals surface area contributed by atoms with Crippen LogP contribution in [0.4, 0.5) is 0 Å². The monoisotopic (exact) mass is 628 g/mol. The normalized spacial score (nSPS) is 26.2. The van der Waals surface area contributed by atoms with E-state index >= 15 is 0 Å². The summed E-state index contributed by atoms with van der Waals surface area (Å²) in [5, 5.41) is 1.90. The molecule has 162 valence electrons. The van der Waals surface area contributed by atoms with E-state index in [-0.39, 0.29) is 32.7 Å². The molecule has 4 atom stereocenters. The Bertz CT molecular complexity index is 773. The van der Waals surface area contributed by atoms with E-state index in [0.29, 0.717) is 0 Å². The summed E-state index contributed by atoms with van der Waals surface area (Å²) in [6, 6.07) is 9.39. The van der Waals surface area contributed by atoms with Crippen molar-refractivity contribution < 1.29 is 47.7 Å². The summed E-state index contributed by atoms with van der Waals surface area (Å²) in [6.07, 6.45) is 18.1. The summed E-state index contributed by atoms with van der Waals surface area (Å²) in [5.74, 6) is 3.33. The van der Waals surface area contributed by atoms with Gasteiger partial charge in [0.15, 0.2) is 0 Å². The van der Waals surface area contributed by atoms with E-state index in [1.165, 1.54) is 25.2 Å². The largest absolute Gasteiger partial charge is 1.00 e. The van der Waals surface area contributed by atoms with Gasteiger partial charge in [0.1, 0.15) is 0 Å². The summed E-state index contributed by atoms with van der Waals surface area (Å²) >= 11 is -0.831. The Labute approximate surface area is 209 Å². The average molecular weight is 628 g/mol. The standard InChI is InChI=1S/C17H24P.C9H11.2ClH.Hf/c1-13(2)11-18(12-14(3)4)17-9-15-7-5-6-8-16(15)10-17;1-2-5-9-7-3-6-8(9)4-1;;;/h5-10,13-14H,11-12H2,1-4H3;1-2,4-6,8-9H,3,7H2;2*1H;/q;;;;+2/p-2. The Morgan fingerprint density at radius 2 is 1.60 bits per heavy atom. The van der Waals surface area contributed by atoms with Gasteiger partial charge in [0.2, 0.25) is 0 Å². The first-order valence-corrected chi connectivity index (χ1v) is 17.1. The van der Waals surface area contributed by atoms with Gasteiger partial charge < -0.3 is 24.8 Å². The molecule has 4 unspecified atom stereocenters. The van der Waals surface area contributed by atoms with Crippen LogP contribution in [0.25, 0.3) is 6.08 Å². The molecule has 30 heavy (non-hydrogen) atoms. The fourth-order valence-corrected chi connectivity index (χ4v) is 18.3. The number of rotatable bonds is 7. The van der Waals surface area contributed by atoms with E-state index in [9.17, 15) is 0 Å². The second-order valence-electron chi connectivity index (χ2n) is 9.69. The van der Waals surface area contributed by atoms with Crippen LogP contribution >= 0.6 is 7.92 Å². The zero-order valence-corrected chi connectivity index (χ0v) is 24.7. The van der Waals surface area contributed by atoms with Crippen molar-refractivity contribution >= 4 is 14.0 Å². The molecule has 1 fully saturated rings. The number of hydrogen-bond acceptors (Lipinski definition) is 0. The molecule has 1 saturated carbocycles. The molecule has 0 bridgehead atoms.